The molecule has 1 aromatic heterocycles. The van der Waals surface area contributed by atoms with Gasteiger partial charge in [-0.2, -0.15) is 0 Å². The summed E-state index contributed by atoms with van der Waals surface area (Å²) in [4.78, 5) is 11.7. The number of nitrogens with zero attached hydrogens (tertiary/aromatic N) is 3. The Balaban J connectivity index is 1.68. The first-order chi connectivity index (χ1) is 14.2. The number of hydrogen-bond donors (Lipinski definition) is 2. The van der Waals surface area contributed by atoms with Crippen molar-refractivity contribution in [2.24, 2.45) is 4.99 Å². The van der Waals surface area contributed by atoms with E-state index in [4.69, 9.17) is 9.73 Å². The molecule has 1 aliphatic rings. The molecule has 2 N–H and O–H groups in total. The summed E-state index contributed by atoms with van der Waals surface area (Å²) in [6.45, 7) is 9.31. The van der Waals surface area contributed by atoms with Crippen molar-refractivity contribution in [1.82, 2.24) is 20.5 Å². The number of halogens is 1. The van der Waals surface area contributed by atoms with Crippen LogP contribution in [0.15, 0.2) is 34.6 Å². The minimum Gasteiger partial charge on any atom is -0.379 e. The van der Waals surface area contributed by atoms with Gasteiger partial charge >= 0.3 is 0 Å². The standard InChI is InChI=1S/C21H30FN5OS/c1-3-20-26-18(15-29-20)13-24-21(23-4-2)25-14-19(27-9-11-28-12-10-27)16-5-7-17(22)8-6-16/h5-8,15,19H,3-4,9-14H2,1-2H3,(H2,23,24,25). The van der Waals surface area contributed by atoms with E-state index in [1.165, 1.54) is 12.1 Å². The first-order valence-corrected chi connectivity index (χ1v) is 11.1. The van der Waals surface area contributed by atoms with Gasteiger partial charge in [0.15, 0.2) is 5.96 Å². The Labute approximate surface area is 176 Å². The van der Waals surface area contributed by atoms with Crippen LogP contribution in [0.25, 0.3) is 0 Å². The summed E-state index contributed by atoms with van der Waals surface area (Å²) >= 11 is 1.68. The van der Waals surface area contributed by atoms with Gasteiger partial charge in [0, 0.05) is 31.6 Å². The van der Waals surface area contributed by atoms with Crippen LogP contribution < -0.4 is 10.6 Å². The van der Waals surface area contributed by atoms with Gasteiger partial charge in [0.1, 0.15) is 5.82 Å². The van der Waals surface area contributed by atoms with Crippen molar-refractivity contribution < 1.29 is 9.13 Å². The van der Waals surface area contributed by atoms with E-state index in [0.717, 1.165) is 61.5 Å². The third kappa shape index (κ3) is 6.48. The van der Waals surface area contributed by atoms with Gasteiger partial charge in [0.2, 0.25) is 0 Å². The predicted octanol–water partition coefficient (Wildman–Crippen LogP) is 2.97. The Morgan fingerprint density at radius 2 is 2.00 bits per heavy atom. The summed E-state index contributed by atoms with van der Waals surface area (Å²) in [7, 11) is 0. The van der Waals surface area contributed by atoms with E-state index < -0.39 is 0 Å². The lowest BCUT2D eigenvalue weighted by molar-refractivity contribution is 0.0170. The number of aryl methyl sites for hydroxylation is 1. The molecule has 1 aromatic carbocycles. The number of guanidine groups is 1. The first-order valence-electron chi connectivity index (χ1n) is 10.2. The number of benzene rings is 1. The second kappa shape index (κ2) is 11.2. The Hall–Kier alpha value is -2.03. The molecular weight excluding hydrogens is 389 g/mol. The lowest BCUT2D eigenvalue weighted by Gasteiger charge is -2.35. The summed E-state index contributed by atoms with van der Waals surface area (Å²) in [5.41, 5.74) is 2.08. The molecule has 1 aliphatic heterocycles. The molecule has 1 atom stereocenters. The highest BCUT2D eigenvalue weighted by atomic mass is 32.1. The molecule has 6 nitrogen and oxygen atoms in total. The van der Waals surface area contributed by atoms with E-state index in [9.17, 15) is 4.39 Å². The van der Waals surface area contributed by atoms with Crippen molar-refractivity contribution in [3.05, 3.63) is 51.7 Å². The van der Waals surface area contributed by atoms with Gasteiger partial charge in [-0.25, -0.2) is 14.4 Å². The molecule has 0 amide bonds. The minimum absolute atomic E-state index is 0.120. The third-order valence-corrected chi connectivity index (χ3v) is 5.89. The SMILES string of the molecule is CCNC(=NCc1csc(CC)n1)NCC(c1ccc(F)cc1)N1CCOCC1. The van der Waals surface area contributed by atoms with Gasteiger partial charge in [0.25, 0.3) is 0 Å². The van der Waals surface area contributed by atoms with Crippen molar-refractivity contribution in [1.29, 1.82) is 0 Å². The molecule has 0 saturated carbocycles. The van der Waals surface area contributed by atoms with E-state index in [1.54, 1.807) is 11.3 Å². The fourth-order valence-electron chi connectivity index (χ4n) is 3.31. The summed E-state index contributed by atoms with van der Waals surface area (Å²) in [5, 5.41) is 9.97. The Kier molecular flexibility index (Phi) is 8.39. The molecule has 1 saturated heterocycles. The number of ether oxygens (including phenoxy) is 1. The molecule has 0 radical (unpaired) electrons. The number of morpholine rings is 1. The van der Waals surface area contributed by atoms with Crippen LogP contribution >= 0.6 is 11.3 Å². The molecule has 29 heavy (non-hydrogen) atoms. The van der Waals surface area contributed by atoms with E-state index in [0.29, 0.717) is 13.1 Å². The minimum atomic E-state index is -0.216. The molecule has 0 spiro atoms. The number of rotatable bonds is 8. The molecule has 3 rings (SSSR count). The van der Waals surface area contributed by atoms with Crippen molar-refractivity contribution >= 4 is 17.3 Å². The molecule has 0 bridgehead atoms. The van der Waals surface area contributed by atoms with E-state index in [-0.39, 0.29) is 11.9 Å². The molecular formula is C21H30FN5OS. The van der Waals surface area contributed by atoms with E-state index >= 15 is 0 Å². The van der Waals surface area contributed by atoms with Crippen LogP contribution in [0.3, 0.4) is 0 Å². The zero-order chi connectivity index (χ0) is 20.5. The monoisotopic (exact) mass is 419 g/mol. The molecule has 2 heterocycles. The van der Waals surface area contributed by atoms with Crippen LogP contribution in [0.4, 0.5) is 4.39 Å². The highest BCUT2D eigenvalue weighted by Gasteiger charge is 2.23. The van der Waals surface area contributed by atoms with Crippen LogP contribution in [-0.4, -0.2) is 55.2 Å². The highest BCUT2D eigenvalue weighted by molar-refractivity contribution is 7.09. The second-order valence-electron chi connectivity index (χ2n) is 6.88. The topological polar surface area (TPSA) is 61.8 Å². The maximum Gasteiger partial charge on any atom is 0.191 e. The maximum atomic E-state index is 13.4. The van der Waals surface area contributed by atoms with Crippen LogP contribution in [0.1, 0.15) is 36.2 Å². The quantitative estimate of drug-likeness (QED) is 0.509. The van der Waals surface area contributed by atoms with Crippen LogP contribution in [0.2, 0.25) is 0 Å². The van der Waals surface area contributed by atoms with Gasteiger partial charge in [-0.15, -0.1) is 11.3 Å². The molecule has 8 heteroatoms. The summed E-state index contributed by atoms with van der Waals surface area (Å²) in [6, 6.07) is 6.89. The maximum absolute atomic E-state index is 13.4. The number of aliphatic imine (C=N–C) groups is 1. The average Bonchev–Trinajstić information content (AvgIpc) is 3.22. The lowest BCUT2D eigenvalue weighted by Crippen LogP contribution is -2.46. The van der Waals surface area contributed by atoms with E-state index in [1.807, 2.05) is 12.1 Å². The molecule has 0 aliphatic carbocycles. The molecule has 2 aromatic rings. The highest BCUT2D eigenvalue weighted by Crippen LogP contribution is 2.21. The van der Waals surface area contributed by atoms with Crippen LogP contribution in [-0.2, 0) is 17.7 Å². The zero-order valence-corrected chi connectivity index (χ0v) is 18.0. The fraction of sp³-hybridized carbons (Fsp3) is 0.524. The smallest absolute Gasteiger partial charge is 0.191 e. The van der Waals surface area contributed by atoms with Gasteiger partial charge in [-0.3, -0.25) is 4.90 Å². The number of thiazole rings is 1. The lowest BCUT2D eigenvalue weighted by atomic mass is 10.0. The van der Waals surface area contributed by atoms with Crippen molar-refractivity contribution in [2.45, 2.75) is 32.9 Å². The Bertz CT molecular complexity index is 774. The van der Waals surface area contributed by atoms with Gasteiger partial charge in [0.05, 0.1) is 36.5 Å². The van der Waals surface area contributed by atoms with Gasteiger partial charge in [-0.1, -0.05) is 19.1 Å². The first kappa shape index (κ1) is 21.7. The van der Waals surface area contributed by atoms with Crippen molar-refractivity contribution in [2.75, 3.05) is 39.4 Å². The predicted molar refractivity (Wildman–Crippen MR) is 116 cm³/mol. The molecule has 1 unspecified atom stereocenters. The van der Waals surface area contributed by atoms with Crippen molar-refractivity contribution in [3.63, 3.8) is 0 Å². The second-order valence-corrected chi connectivity index (χ2v) is 7.82. The zero-order valence-electron chi connectivity index (χ0n) is 17.2. The molecule has 1 fully saturated rings. The number of nitrogens with one attached hydrogen (secondary N) is 2. The third-order valence-electron chi connectivity index (χ3n) is 4.85. The van der Waals surface area contributed by atoms with Crippen LogP contribution in [0.5, 0.6) is 0 Å². The Morgan fingerprint density at radius 3 is 2.66 bits per heavy atom. The fourth-order valence-corrected chi connectivity index (χ4v) is 4.05. The van der Waals surface area contributed by atoms with Crippen molar-refractivity contribution in [3.8, 4) is 0 Å². The van der Waals surface area contributed by atoms with E-state index in [2.05, 4.69) is 39.7 Å². The van der Waals surface area contributed by atoms with Gasteiger partial charge in [-0.05, 0) is 31.0 Å². The summed E-state index contributed by atoms with van der Waals surface area (Å²) < 4.78 is 18.9. The normalized spacial score (nSPS) is 16.6. The largest absolute Gasteiger partial charge is 0.379 e. The summed E-state index contributed by atoms with van der Waals surface area (Å²) in [6.07, 6.45) is 0.950. The van der Waals surface area contributed by atoms with Crippen LogP contribution in [0, 0.1) is 5.82 Å². The molecule has 158 valence electrons. The van der Waals surface area contributed by atoms with Gasteiger partial charge < -0.3 is 15.4 Å². The summed E-state index contributed by atoms with van der Waals surface area (Å²) in [5.74, 6) is 0.547. The number of hydrogen-bond acceptors (Lipinski definition) is 5. The average molecular weight is 420 g/mol. The number of aromatic nitrogens is 1. The Morgan fingerprint density at radius 1 is 1.24 bits per heavy atom.